The predicted molar refractivity (Wildman–Crippen MR) is 92.4 cm³/mol. The van der Waals surface area contributed by atoms with Crippen LogP contribution in [0.5, 0.6) is 0 Å². The van der Waals surface area contributed by atoms with Crippen molar-refractivity contribution < 1.29 is 19.1 Å². The molecule has 1 amide bonds. The van der Waals surface area contributed by atoms with E-state index in [2.05, 4.69) is 5.32 Å². The van der Waals surface area contributed by atoms with Crippen LogP contribution in [0.3, 0.4) is 0 Å². The molecule has 2 fully saturated rings. The molecule has 138 valence electrons. The molecule has 0 saturated heterocycles. The van der Waals surface area contributed by atoms with Gasteiger partial charge in [0, 0.05) is 18.9 Å². The maximum atomic E-state index is 12.2. The van der Waals surface area contributed by atoms with Crippen LogP contribution in [0.2, 0.25) is 0 Å². The quantitative estimate of drug-likeness (QED) is 0.546. The summed E-state index contributed by atoms with van der Waals surface area (Å²) in [5.74, 6) is 0.426. The van der Waals surface area contributed by atoms with Gasteiger partial charge >= 0.3 is 12.1 Å². The van der Waals surface area contributed by atoms with Crippen LogP contribution < -0.4 is 5.32 Å². The summed E-state index contributed by atoms with van der Waals surface area (Å²) in [5.41, 5.74) is 0. The van der Waals surface area contributed by atoms with Crippen LogP contribution in [0.25, 0.3) is 0 Å². The zero-order chi connectivity index (χ0) is 17.2. The molecule has 2 aliphatic rings. The molecule has 0 bridgehead atoms. The molecule has 5 heteroatoms. The number of esters is 1. The molecule has 0 aromatic carbocycles. The average molecular weight is 339 g/mol. The second-order valence-electron chi connectivity index (χ2n) is 7.30. The van der Waals surface area contributed by atoms with E-state index in [1.165, 1.54) is 38.5 Å². The van der Waals surface area contributed by atoms with Gasteiger partial charge in [-0.3, -0.25) is 4.79 Å². The molecular formula is C19H33NO4. The van der Waals surface area contributed by atoms with E-state index in [1.54, 1.807) is 0 Å². The number of carbonyl (C=O) groups is 2. The normalized spacial score (nSPS) is 21.0. The third-order valence-electron chi connectivity index (χ3n) is 5.22. The molecule has 2 saturated carbocycles. The molecule has 1 atom stereocenters. The first kappa shape index (κ1) is 19.1. The Labute approximate surface area is 145 Å². The predicted octanol–water partition coefficient (Wildman–Crippen LogP) is 4.54. The summed E-state index contributed by atoms with van der Waals surface area (Å²) in [7, 11) is 0. The van der Waals surface area contributed by atoms with Crippen molar-refractivity contribution in [3.8, 4) is 0 Å². The van der Waals surface area contributed by atoms with E-state index in [0.29, 0.717) is 18.9 Å². The Morgan fingerprint density at radius 2 is 1.58 bits per heavy atom. The Kier molecular flexibility index (Phi) is 8.40. The van der Waals surface area contributed by atoms with Gasteiger partial charge in [0.2, 0.25) is 0 Å². The van der Waals surface area contributed by atoms with E-state index >= 15 is 0 Å². The number of hydrogen-bond donors (Lipinski definition) is 1. The average Bonchev–Trinajstić information content (AvgIpc) is 2.61. The second-order valence-corrected chi connectivity index (χ2v) is 7.30. The van der Waals surface area contributed by atoms with Crippen molar-refractivity contribution in [2.24, 2.45) is 11.8 Å². The van der Waals surface area contributed by atoms with E-state index in [4.69, 9.17) is 9.47 Å². The first-order valence-corrected chi connectivity index (χ1v) is 9.83. The number of hydrogen-bond acceptors (Lipinski definition) is 4. The molecule has 0 aromatic rings. The van der Waals surface area contributed by atoms with Gasteiger partial charge in [0.15, 0.2) is 0 Å². The monoisotopic (exact) mass is 339 g/mol. The first-order valence-electron chi connectivity index (χ1n) is 9.83. The summed E-state index contributed by atoms with van der Waals surface area (Å²) in [4.78, 5) is 24.0. The Hall–Kier alpha value is -1.26. The van der Waals surface area contributed by atoms with Gasteiger partial charge < -0.3 is 14.8 Å². The lowest BCUT2D eigenvalue weighted by molar-refractivity contribution is -0.179. The van der Waals surface area contributed by atoms with Crippen LogP contribution in [0.1, 0.15) is 84.0 Å². The van der Waals surface area contributed by atoms with Crippen LogP contribution in [-0.4, -0.2) is 24.9 Å². The van der Waals surface area contributed by atoms with Crippen LogP contribution in [0.4, 0.5) is 4.79 Å². The number of ether oxygens (including phenoxy) is 2. The van der Waals surface area contributed by atoms with E-state index in [9.17, 15) is 9.59 Å². The highest BCUT2D eigenvalue weighted by Crippen LogP contribution is 2.29. The summed E-state index contributed by atoms with van der Waals surface area (Å²) in [6.07, 6.45) is 11.4. The zero-order valence-electron chi connectivity index (χ0n) is 15.1. The maximum Gasteiger partial charge on any atom is 0.410 e. The molecule has 0 aromatic heterocycles. The van der Waals surface area contributed by atoms with Gasteiger partial charge in [-0.2, -0.15) is 0 Å². The Balaban J connectivity index is 1.80. The minimum absolute atomic E-state index is 0.139. The molecule has 0 aliphatic heterocycles. The van der Waals surface area contributed by atoms with Gasteiger partial charge in [0.1, 0.15) is 0 Å². The van der Waals surface area contributed by atoms with Gasteiger partial charge in [-0.1, -0.05) is 45.4 Å². The number of amides is 1. The molecule has 2 aliphatic carbocycles. The lowest BCUT2D eigenvalue weighted by atomic mass is 9.89. The van der Waals surface area contributed by atoms with Crippen LogP contribution in [0.15, 0.2) is 0 Å². The van der Waals surface area contributed by atoms with Gasteiger partial charge in [-0.05, 0) is 38.0 Å². The summed E-state index contributed by atoms with van der Waals surface area (Å²) in [5, 5.41) is 2.87. The van der Waals surface area contributed by atoms with Gasteiger partial charge in [-0.15, -0.1) is 0 Å². The SMILES string of the molecule is CCCC(=O)OC(OC(=O)NCC1CCCCC1)C1CCCCC1. The van der Waals surface area contributed by atoms with Crippen LogP contribution >= 0.6 is 0 Å². The molecule has 24 heavy (non-hydrogen) atoms. The molecule has 0 radical (unpaired) electrons. The van der Waals surface area contributed by atoms with E-state index in [1.807, 2.05) is 6.92 Å². The summed E-state index contributed by atoms with van der Waals surface area (Å²) in [6, 6.07) is 0. The van der Waals surface area contributed by atoms with Gasteiger partial charge in [0.25, 0.3) is 6.29 Å². The molecule has 1 N–H and O–H groups in total. The van der Waals surface area contributed by atoms with Crippen molar-refractivity contribution in [2.75, 3.05) is 6.54 Å². The number of alkyl carbamates (subject to hydrolysis) is 1. The van der Waals surface area contributed by atoms with E-state index < -0.39 is 12.4 Å². The highest BCUT2D eigenvalue weighted by molar-refractivity contribution is 5.70. The van der Waals surface area contributed by atoms with Gasteiger partial charge in [0.05, 0.1) is 0 Å². The smallest absolute Gasteiger partial charge is 0.410 e. The summed E-state index contributed by atoms with van der Waals surface area (Å²) >= 11 is 0. The molecular weight excluding hydrogens is 306 g/mol. The Morgan fingerprint density at radius 3 is 2.21 bits per heavy atom. The van der Waals surface area contributed by atoms with Crippen molar-refractivity contribution in [1.29, 1.82) is 0 Å². The lowest BCUT2D eigenvalue weighted by Gasteiger charge is -2.29. The van der Waals surface area contributed by atoms with Crippen molar-refractivity contribution in [3.05, 3.63) is 0 Å². The number of nitrogens with one attached hydrogen (secondary N) is 1. The fraction of sp³-hybridized carbons (Fsp3) is 0.895. The van der Waals surface area contributed by atoms with Crippen molar-refractivity contribution in [3.63, 3.8) is 0 Å². The maximum absolute atomic E-state index is 12.2. The summed E-state index contributed by atoms with van der Waals surface area (Å²) in [6.45, 7) is 2.60. The number of carbonyl (C=O) groups excluding carboxylic acids is 2. The zero-order valence-corrected chi connectivity index (χ0v) is 15.1. The molecule has 1 unspecified atom stereocenters. The number of rotatable bonds is 7. The van der Waals surface area contributed by atoms with E-state index in [-0.39, 0.29) is 11.9 Å². The van der Waals surface area contributed by atoms with Crippen LogP contribution in [-0.2, 0) is 14.3 Å². The van der Waals surface area contributed by atoms with Crippen LogP contribution in [0, 0.1) is 11.8 Å². The fourth-order valence-electron chi connectivity index (χ4n) is 3.78. The lowest BCUT2D eigenvalue weighted by Crippen LogP contribution is -2.38. The third kappa shape index (κ3) is 6.70. The second kappa shape index (κ2) is 10.6. The third-order valence-corrected chi connectivity index (χ3v) is 5.22. The largest absolute Gasteiger partial charge is 0.425 e. The summed E-state index contributed by atoms with van der Waals surface area (Å²) < 4.78 is 11.0. The molecule has 2 rings (SSSR count). The topological polar surface area (TPSA) is 64.6 Å². The highest BCUT2D eigenvalue weighted by Gasteiger charge is 2.30. The Morgan fingerprint density at radius 1 is 0.958 bits per heavy atom. The van der Waals surface area contributed by atoms with Crippen molar-refractivity contribution >= 4 is 12.1 Å². The molecule has 0 heterocycles. The van der Waals surface area contributed by atoms with Crippen molar-refractivity contribution in [1.82, 2.24) is 5.32 Å². The minimum atomic E-state index is -0.726. The molecule has 0 spiro atoms. The Bertz CT molecular complexity index is 387. The van der Waals surface area contributed by atoms with Crippen molar-refractivity contribution in [2.45, 2.75) is 90.3 Å². The first-order chi connectivity index (χ1) is 11.7. The standard InChI is InChI=1S/C19H33NO4/c1-2-9-17(21)23-18(16-12-7-4-8-13-16)24-19(22)20-14-15-10-5-3-6-11-15/h15-16,18H,2-14H2,1H3,(H,20,22). The van der Waals surface area contributed by atoms with Gasteiger partial charge in [-0.25, -0.2) is 4.79 Å². The highest BCUT2D eigenvalue weighted by atomic mass is 16.7. The molecule has 5 nitrogen and oxygen atoms in total. The fourth-order valence-corrected chi connectivity index (χ4v) is 3.78. The van der Waals surface area contributed by atoms with E-state index in [0.717, 1.165) is 32.1 Å². The minimum Gasteiger partial charge on any atom is -0.425 e.